The summed E-state index contributed by atoms with van der Waals surface area (Å²) < 4.78 is 0. The van der Waals surface area contributed by atoms with Crippen molar-refractivity contribution in [3.63, 3.8) is 0 Å². The minimum Gasteiger partial charge on any atom is -0.143 e. The van der Waals surface area contributed by atoms with Crippen LogP contribution in [0.4, 0.5) is 0 Å². The van der Waals surface area contributed by atoms with Gasteiger partial charge in [0.2, 0.25) is 0 Å². The maximum Gasteiger partial charge on any atom is 0.00461 e. The fraction of sp³-hybridized carbons (Fsp3) is 0. The molecule has 0 bridgehead atoms. The van der Waals surface area contributed by atoms with Gasteiger partial charge in [-0.05, 0) is 23.3 Å². The molecule has 0 spiro atoms. The third kappa shape index (κ3) is 1.93. The summed E-state index contributed by atoms with van der Waals surface area (Å²) in [4.78, 5) is 1.00. The molecule has 0 aliphatic carbocycles. The highest BCUT2D eigenvalue weighted by Crippen LogP contribution is 2.20. The molecule has 0 N–H and O–H groups in total. The van der Waals surface area contributed by atoms with Crippen LogP contribution in [0.1, 0.15) is 0 Å². The third-order valence-corrected chi connectivity index (χ3v) is 2.23. The quantitative estimate of drug-likeness (QED) is 0.646. The molecular weight excluding hydrogens is 176 g/mol. The molecule has 13 heavy (non-hydrogen) atoms. The largest absolute Gasteiger partial charge is 0.143 e. The summed E-state index contributed by atoms with van der Waals surface area (Å²) in [6.45, 7) is 0. The number of hydrogen-bond acceptors (Lipinski definition) is 1. The second-order valence-corrected chi connectivity index (χ2v) is 3.43. The zero-order chi connectivity index (χ0) is 9.10. The third-order valence-electron chi connectivity index (χ3n) is 1.95. The average Bonchev–Trinajstić information content (AvgIpc) is 2.19. The second kappa shape index (κ2) is 3.67. The number of hydrogen-bond donors (Lipinski definition) is 1. The fourth-order valence-electron chi connectivity index (χ4n) is 1.32. The van der Waals surface area contributed by atoms with E-state index in [-0.39, 0.29) is 0 Å². The van der Waals surface area contributed by atoms with E-state index in [0.717, 1.165) is 4.90 Å². The minimum absolute atomic E-state index is 1.00. The molecule has 0 radical (unpaired) electrons. The highest BCUT2D eigenvalue weighted by Gasteiger charge is 1.94. The Bertz CT molecular complexity index is 393. The normalized spacial score (nSPS) is 9.92. The van der Waals surface area contributed by atoms with Crippen LogP contribution in [-0.4, -0.2) is 0 Å². The topological polar surface area (TPSA) is 0 Å². The van der Waals surface area contributed by atoms with Crippen LogP contribution in [0.15, 0.2) is 59.5 Å². The van der Waals surface area contributed by atoms with E-state index in [1.807, 2.05) is 30.3 Å². The first-order valence-corrected chi connectivity index (χ1v) is 4.65. The predicted molar refractivity (Wildman–Crippen MR) is 59.1 cm³/mol. The van der Waals surface area contributed by atoms with E-state index in [0.29, 0.717) is 0 Å². The van der Waals surface area contributed by atoms with Gasteiger partial charge in [-0.3, -0.25) is 0 Å². The Balaban J connectivity index is 2.48. The standard InChI is InChI=1S/C12H10S/c13-12-8-4-7-11(9-12)10-5-2-1-3-6-10/h1-9,13H. The summed E-state index contributed by atoms with van der Waals surface area (Å²) in [6, 6.07) is 18.5. The first kappa shape index (κ1) is 8.39. The molecule has 64 valence electrons. The van der Waals surface area contributed by atoms with E-state index in [2.05, 4.69) is 36.9 Å². The lowest BCUT2D eigenvalue weighted by molar-refractivity contribution is 1.47. The molecule has 2 aromatic carbocycles. The summed E-state index contributed by atoms with van der Waals surface area (Å²) in [5, 5.41) is 0. The van der Waals surface area contributed by atoms with Crippen LogP contribution in [0.3, 0.4) is 0 Å². The molecule has 0 unspecified atom stereocenters. The highest BCUT2D eigenvalue weighted by molar-refractivity contribution is 7.80. The summed E-state index contributed by atoms with van der Waals surface area (Å²) >= 11 is 4.30. The molecule has 1 heteroatoms. The van der Waals surface area contributed by atoms with E-state index in [1.54, 1.807) is 0 Å². The monoisotopic (exact) mass is 186 g/mol. The van der Waals surface area contributed by atoms with Crippen LogP contribution in [0.25, 0.3) is 11.1 Å². The van der Waals surface area contributed by atoms with Crippen molar-refractivity contribution in [1.29, 1.82) is 0 Å². The Labute approximate surface area is 83.6 Å². The number of rotatable bonds is 1. The van der Waals surface area contributed by atoms with E-state index in [9.17, 15) is 0 Å². The van der Waals surface area contributed by atoms with Crippen molar-refractivity contribution in [3.8, 4) is 11.1 Å². The molecule has 0 amide bonds. The molecule has 0 nitrogen and oxygen atoms in total. The summed E-state index contributed by atoms with van der Waals surface area (Å²) in [7, 11) is 0. The maximum absolute atomic E-state index is 4.30. The smallest absolute Gasteiger partial charge is 0.00461 e. The van der Waals surface area contributed by atoms with Gasteiger partial charge in [0, 0.05) is 4.90 Å². The molecule has 0 atom stereocenters. The van der Waals surface area contributed by atoms with E-state index in [1.165, 1.54) is 11.1 Å². The number of benzene rings is 2. The number of thiol groups is 1. The van der Waals surface area contributed by atoms with Gasteiger partial charge >= 0.3 is 0 Å². The van der Waals surface area contributed by atoms with E-state index >= 15 is 0 Å². The molecule has 0 aromatic heterocycles. The van der Waals surface area contributed by atoms with Crippen LogP contribution in [0.2, 0.25) is 0 Å². The van der Waals surface area contributed by atoms with Crippen molar-refractivity contribution in [2.75, 3.05) is 0 Å². The van der Waals surface area contributed by atoms with Gasteiger partial charge in [-0.1, -0.05) is 42.5 Å². The zero-order valence-electron chi connectivity index (χ0n) is 7.14. The zero-order valence-corrected chi connectivity index (χ0v) is 8.04. The lowest BCUT2D eigenvalue weighted by Crippen LogP contribution is -1.75. The molecule has 2 rings (SSSR count). The first-order valence-electron chi connectivity index (χ1n) is 4.21. The summed E-state index contributed by atoms with van der Waals surface area (Å²) in [5.74, 6) is 0. The molecule has 0 saturated carbocycles. The Morgan fingerprint density at radius 3 is 2.08 bits per heavy atom. The van der Waals surface area contributed by atoms with E-state index < -0.39 is 0 Å². The van der Waals surface area contributed by atoms with Crippen LogP contribution in [0.5, 0.6) is 0 Å². The van der Waals surface area contributed by atoms with Crippen molar-refractivity contribution in [1.82, 2.24) is 0 Å². The van der Waals surface area contributed by atoms with Gasteiger partial charge in [0.25, 0.3) is 0 Å². The minimum atomic E-state index is 1.00. The van der Waals surface area contributed by atoms with Crippen molar-refractivity contribution < 1.29 is 0 Å². The van der Waals surface area contributed by atoms with E-state index in [4.69, 9.17) is 0 Å². The van der Waals surface area contributed by atoms with Crippen LogP contribution in [-0.2, 0) is 0 Å². The molecule has 0 saturated heterocycles. The molecule has 0 aliphatic heterocycles. The van der Waals surface area contributed by atoms with Crippen LogP contribution >= 0.6 is 12.6 Å². The van der Waals surface area contributed by atoms with Gasteiger partial charge in [-0.15, -0.1) is 12.6 Å². The van der Waals surface area contributed by atoms with Gasteiger partial charge in [0.1, 0.15) is 0 Å². The summed E-state index contributed by atoms with van der Waals surface area (Å²) in [5.41, 5.74) is 2.45. The van der Waals surface area contributed by atoms with Crippen LogP contribution < -0.4 is 0 Å². The molecular formula is C12H10S. The Morgan fingerprint density at radius 1 is 0.692 bits per heavy atom. The fourth-order valence-corrected chi connectivity index (χ4v) is 1.54. The van der Waals surface area contributed by atoms with Crippen molar-refractivity contribution in [2.24, 2.45) is 0 Å². The molecule has 0 aliphatic rings. The van der Waals surface area contributed by atoms with Crippen molar-refractivity contribution in [2.45, 2.75) is 4.90 Å². The molecule has 0 fully saturated rings. The summed E-state index contributed by atoms with van der Waals surface area (Å²) in [6.07, 6.45) is 0. The average molecular weight is 186 g/mol. The van der Waals surface area contributed by atoms with Crippen molar-refractivity contribution >= 4 is 12.6 Å². The second-order valence-electron chi connectivity index (χ2n) is 2.92. The van der Waals surface area contributed by atoms with Crippen LogP contribution in [0, 0.1) is 0 Å². The van der Waals surface area contributed by atoms with Gasteiger partial charge in [0.05, 0.1) is 0 Å². The first-order chi connectivity index (χ1) is 6.36. The maximum atomic E-state index is 4.30. The van der Waals surface area contributed by atoms with Gasteiger partial charge in [-0.2, -0.15) is 0 Å². The Hall–Kier alpha value is -1.21. The van der Waals surface area contributed by atoms with Crippen molar-refractivity contribution in [3.05, 3.63) is 54.6 Å². The van der Waals surface area contributed by atoms with Gasteiger partial charge in [-0.25, -0.2) is 0 Å². The molecule has 0 heterocycles. The molecule has 2 aromatic rings. The van der Waals surface area contributed by atoms with Gasteiger partial charge < -0.3 is 0 Å². The van der Waals surface area contributed by atoms with Gasteiger partial charge in [0.15, 0.2) is 0 Å². The lowest BCUT2D eigenvalue weighted by atomic mass is 10.1. The lowest BCUT2D eigenvalue weighted by Gasteiger charge is -2.01. The highest BCUT2D eigenvalue weighted by atomic mass is 32.1. The Kier molecular flexibility index (Phi) is 2.37. The Morgan fingerprint density at radius 2 is 1.38 bits per heavy atom. The predicted octanol–water partition coefficient (Wildman–Crippen LogP) is 3.64. The SMILES string of the molecule is Sc1cccc(-c2ccccc2)c1.